The Morgan fingerprint density at radius 1 is 1.14 bits per heavy atom. The lowest BCUT2D eigenvalue weighted by Gasteiger charge is -1.89. The van der Waals surface area contributed by atoms with Crippen LogP contribution in [0.2, 0.25) is 5.15 Å². The van der Waals surface area contributed by atoms with Crippen LogP contribution in [-0.2, 0) is 0 Å². The first-order valence-electron chi connectivity index (χ1n) is 4.23. The number of benzene rings is 1. The number of aromatic amines is 1. The van der Waals surface area contributed by atoms with E-state index in [4.69, 9.17) is 11.6 Å². The first-order valence-corrected chi connectivity index (χ1v) is 4.61. The predicted octanol–water partition coefficient (Wildman–Crippen LogP) is 2.76. The molecule has 1 aromatic carbocycles. The Kier molecular flexibility index (Phi) is 1.49. The highest BCUT2D eigenvalue weighted by Crippen LogP contribution is 2.26. The van der Waals surface area contributed by atoms with E-state index in [1.54, 1.807) is 0 Å². The molecule has 0 saturated heterocycles. The van der Waals surface area contributed by atoms with Crippen LogP contribution in [0.5, 0.6) is 0 Å². The van der Waals surface area contributed by atoms with E-state index in [0.29, 0.717) is 5.15 Å². The van der Waals surface area contributed by atoms with Gasteiger partial charge in [-0.1, -0.05) is 29.8 Å². The summed E-state index contributed by atoms with van der Waals surface area (Å²) in [6.45, 7) is 0. The zero-order chi connectivity index (χ0) is 9.54. The second kappa shape index (κ2) is 2.69. The third-order valence-corrected chi connectivity index (χ3v) is 2.53. The van der Waals surface area contributed by atoms with Crippen molar-refractivity contribution in [3.63, 3.8) is 0 Å². The van der Waals surface area contributed by atoms with Gasteiger partial charge in [0.25, 0.3) is 0 Å². The van der Waals surface area contributed by atoms with Crippen molar-refractivity contribution in [3.05, 3.63) is 35.7 Å². The quantitative estimate of drug-likeness (QED) is 0.571. The molecule has 2 aromatic heterocycles. The molecule has 0 aliphatic heterocycles. The Morgan fingerprint density at radius 2 is 2.00 bits per heavy atom. The average molecular weight is 204 g/mol. The predicted molar refractivity (Wildman–Crippen MR) is 56.4 cm³/mol. The largest absolute Gasteiger partial charge is 0.351 e. The molecule has 0 fully saturated rings. The number of H-pyrrole nitrogens is 1. The lowest BCUT2D eigenvalue weighted by atomic mass is 10.2. The maximum Gasteiger partial charge on any atom is 0.156 e. The van der Waals surface area contributed by atoms with Crippen LogP contribution in [0.15, 0.2) is 30.6 Å². The molecular weight excluding hydrogens is 198 g/mol. The fourth-order valence-electron chi connectivity index (χ4n) is 1.61. The van der Waals surface area contributed by atoms with Crippen LogP contribution in [0.4, 0.5) is 0 Å². The van der Waals surface area contributed by atoms with Crippen molar-refractivity contribution in [2.45, 2.75) is 0 Å². The van der Waals surface area contributed by atoms with Crippen molar-refractivity contribution in [2.24, 2.45) is 0 Å². The van der Waals surface area contributed by atoms with Gasteiger partial charge in [-0.15, -0.1) is 0 Å². The maximum absolute atomic E-state index is 5.95. The smallest absolute Gasteiger partial charge is 0.156 e. The topological polar surface area (TPSA) is 41.6 Å². The molecule has 3 aromatic rings. The van der Waals surface area contributed by atoms with E-state index in [0.717, 1.165) is 21.9 Å². The lowest BCUT2D eigenvalue weighted by molar-refractivity contribution is 1.22. The number of fused-ring (bicyclic) bond motifs is 3. The van der Waals surface area contributed by atoms with Gasteiger partial charge in [-0.25, -0.2) is 9.97 Å². The first-order chi connectivity index (χ1) is 6.86. The summed E-state index contributed by atoms with van der Waals surface area (Å²) in [5, 5.41) is 1.54. The van der Waals surface area contributed by atoms with Gasteiger partial charge in [0.2, 0.25) is 0 Å². The molecule has 0 atom stereocenters. The summed E-state index contributed by atoms with van der Waals surface area (Å²) >= 11 is 5.95. The van der Waals surface area contributed by atoms with Crippen molar-refractivity contribution in [3.8, 4) is 0 Å². The van der Waals surface area contributed by atoms with E-state index in [1.807, 2.05) is 24.3 Å². The highest BCUT2D eigenvalue weighted by Gasteiger charge is 2.07. The summed E-state index contributed by atoms with van der Waals surface area (Å²) in [5.41, 5.74) is 2.71. The number of hydrogen-bond acceptors (Lipinski definition) is 2. The van der Waals surface area contributed by atoms with E-state index in [-0.39, 0.29) is 0 Å². The first kappa shape index (κ1) is 7.76. The zero-order valence-corrected chi connectivity index (χ0v) is 7.92. The van der Waals surface area contributed by atoms with Crippen LogP contribution in [0, 0.1) is 0 Å². The van der Waals surface area contributed by atoms with Crippen molar-refractivity contribution in [1.82, 2.24) is 15.0 Å². The molecule has 0 unspecified atom stereocenters. The van der Waals surface area contributed by atoms with Crippen LogP contribution < -0.4 is 0 Å². The monoisotopic (exact) mass is 203 g/mol. The van der Waals surface area contributed by atoms with Crippen molar-refractivity contribution >= 4 is 33.5 Å². The van der Waals surface area contributed by atoms with Crippen LogP contribution in [-0.4, -0.2) is 15.0 Å². The highest BCUT2D eigenvalue weighted by molar-refractivity contribution is 6.34. The normalized spacial score (nSPS) is 11.2. The molecule has 68 valence electrons. The number of para-hydroxylation sites is 1. The van der Waals surface area contributed by atoms with Gasteiger partial charge in [0.15, 0.2) is 5.15 Å². The molecule has 1 N–H and O–H groups in total. The van der Waals surface area contributed by atoms with Crippen LogP contribution in [0.25, 0.3) is 21.9 Å². The van der Waals surface area contributed by atoms with E-state index < -0.39 is 0 Å². The summed E-state index contributed by atoms with van der Waals surface area (Å²) in [6, 6.07) is 7.95. The molecule has 4 heteroatoms. The molecule has 2 heterocycles. The van der Waals surface area contributed by atoms with Gasteiger partial charge in [0, 0.05) is 10.9 Å². The average Bonchev–Trinajstić information content (AvgIpc) is 2.59. The molecule has 0 aliphatic rings. The fraction of sp³-hybridized carbons (Fsp3) is 0. The number of nitrogens with one attached hydrogen (secondary N) is 1. The maximum atomic E-state index is 5.95. The summed E-state index contributed by atoms with van der Waals surface area (Å²) < 4.78 is 0. The summed E-state index contributed by atoms with van der Waals surface area (Å²) in [4.78, 5) is 11.3. The van der Waals surface area contributed by atoms with Crippen molar-refractivity contribution in [1.29, 1.82) is 0 Å². The molecule has 0 aliphatic carbocycles. The third-order valence-electron chi connectivity index (χ3n) is 2.24. The van der Waals surface area contributed by atoms with Crippen LogP contribution in [0.3, 0.4) is 0 Å². The fourth-order valence-corrected chi connectivity index (χ4v) is 1.79. The lowest BCUT2D eigenvalue weighted by Crippen LogP contribution is -1.79. The molecular formula is C10H6ClN3. The van der Waals surface area contributed by atoms with Gasteiger partial charge in [-0.05, 0) is 6.07 Å². The minimum atomic E-state index is 0.464. The van der Waals surface area contributed by atoms with Gasteiger partial charge in [-0.3, -0.25) is 0 Å². The molecule has 0 amide bonds. The molecule has 0 spiro atoms. The second-order valence-electron chi connectivity index (χ2n) is 3.06. The second-order valence-corrected chi connectivity index (χ2v) is 3.42. The molecule has 3 nitrogen and oxygen atoms in total. The van der Waals surface area contributed by atoms with E-state index >= 15 is 0 Å². The van der Waals surface area contributed by atoms with Gasteiger partial charge >= 0.3 is 0 Å². The number of aromatic nitrogens is 3. The van der Waals surface area contributed by atoms with Crippen LogP contribution >= 0.6 is 11.6 Å². The van der Waals surface area contributed by atoms with Crippen molar-refractivity contribution < 1.29 is 0 Å². The Balaban J connectivity index is 2.63. The van der Waals surface area contributed by atoms with E-state index in [1.165, 1.54) is 6.33 Å². The summed E-state index contributed by atoms with van der Waals surface area (Å²) in [5.74, 6) is 0. The third kappa shape index (κ3) is 0.930. The summed E-state index contributed by atoms with van der Waals surface area (Å²) in [7, 11) is 0. The number of hydrogen-bond donors (Lipinski definition) is 1. The van der Waals surface area contributed by atoms with E-state index in [9.17, 15) is 0 Å². The Hall–Kier alpha value is -1.61. The van der Waals surface area contributed by atoms with E-state index in [2.05, 4.69) is 15.0 Å². The van der Waals surface area contributed by atoms with Gasteiger partial charge < -0.3 is 4.98 Å². The van der Waals surface area contributed by atoms with Crippen molar-refractivity contribution in [2.75, 3.05) is 0 Å². The summed E-state index contributed by atoms with van der Waals surface area (Å²) in [6.07, 6.45) is 1.48. The molecule has 14 heavy (non-hydrogen) atoms. The highest BCUT2D eigenvalue weighted by atomic mass is 35.5. The number of rotatable bonds is 0. The van der Waals surface area contributed by atoms with Crippen LogP contribution in [0.1, 0.15) is 0 Å². The zero-order valence-electron chi connectivity index (χ0n) is 7.16. The minimum Gasteiger partial charge on any atom is -0.351 e. The molecule has 0 radical (unpaired) electrons. The number of halogens is 1. The Morgan fingerprint density at radius 3 is 2.93 bits per heavy atom. The van der Waals surface area contributed by atoms with Gasteiger partial charge in [0.05, 0.1) is 0 Å². The SMILES string of the molecule is Clc1ncnc2c1[nH]c1ccccc12. The number of nitrogens with zero attached hydrogens (tertiary/aromatic N) is 2. The molecule has 0 bridgehead atoms. The Labute approximate surface area is 84.7 Å². The molecule has 3 rings (SSSR count). The minimum absolute atomic E-state index is 0.464. The standard InChI is InChI=1S/C10H6ClN3/c11-10-9-8(12-5-13-10)6-3-1-2-4-7(6)14-9/h1-5,14H. The Bertz CT molecular complexity index is 615. The van der Waals surface area contributed by atoms with Gasteiger partial charge in [0.1, 0.15) is 17.4 Å². The van der Waals surface area contributed by atoms with Gasteiger partial charge in [-0.2, -0.15) is 0 Å². The molecule has 0 saturated carbocycles.